The number of aliphatic hydroxyl groups is 1. The van der Waals surface area contributed by atoms with Gasteiger partial charge in [-0.05, 0) is 12.1 Å². The zero-order valence-corrected chi connectivity index (χ0v) is 8.63. The minimum absolute atomic E-state index is 0.135. The number of hydrogen-bond donors (Lipinski definition) is 1. The Balaban J connectivity index is 2.26. The Morgan fingerprint density at radius 3 is 2.67 bits per heavy atom. The highest BCUT2D eigenvalue weighted by atomic mass is 16.3. The van der Waals surface area contributed by atoms with Crippen molar-refractivity contribution >= 4 is 11.6 Å². The maximum atomic E-state index is 11.4. The number of rotatable bonds is 1. The van der Waals surface area contributed by atoms with Gasteiger partial charge in [0, 0.05) is 19.9 Å². The molecule has 4 nitrogen and oxygen atoms in total. The normalized spacial score (nSPS) is 20.8. The molecule has 1 amide bonds. The number of hydrogen-bond acceptors (Lipinski definition) is 3. The summed E-state index contributed by atoms with van der Waals surface area (Å²) in [6, 6.07) is 9.60. The molecule has 15 heavy (non-hydrogen) atoms. The van der Waals surface area contributed by atoms with Crippen molar-refractivity contribution in [3.63, 3.8) is 0 Å². The molecule has 0 saturated carbocycles. The summed E-state index contributed by atoms with van der Waals surface area (Å²) in [4.78, 5) is 11.4. The van der Waals surface area contributed by atoms with Gasteiger partial charge in [-0.25, -0.2) is 5.01 Å². The third kappa shape index (κ3) is 1.80. The highest BCUT2D eigenvalue weighted by Gasteiger charge is 2.32. The molecule has 0 unspecified atom stereocenters. The summed E-state index contributed by atoms with van der Waals surface area (Å²) in [5.41, 5.74) is 0.934. The van der Waals surface area contributed by atoms with Crippen LogP contribution in [0.3, 0.4) is 0 Å². The fourth-order valence-electron chi connectivity index (χ4n) is 1.86. The van der Waals surface area contributed by atoms with Gasteiger partial charge in [0.1, 0.15) is 6.23 Å². The van der Waals surface area contributed by atoms with Crippen LogP contribution in [0.5, 0.6) is 0 Å². The number of aliphatic hydroxyl groups excluding tert-OH is 1. The Kier molecular flexibility index (Phi) is 2.60. The van der Waals surface area contributed by atoms with E-state index in [4.69, 9.17) is 0 Å². The second kappa shape index (κ2) is 3.90. The first-order valence-electron chi connectivity index (χ1n) is 5.00. The van der Waals surface area contributed by atoms with Crippen molar-refractivity contribution in [3.05, 3.63) is 30.3 Å². The predicted octanol–water partition coefficient (Wildman–Crippen LogP) is 0.979. The van der Waals surface area contributed by atoms with E-state index in [2.05, 4.69) is 0 Å². The SMILES string of the molecule is CC(=O)N1[C@@H](O)CCN1c1ccccc1. The van der Waals surface area contributed by atoms with Crippen molar-refractivity contribution in [2.75, 3.05) is 11.6 Å². The molecule has 1 atom stereocenters. The summed E-state index contributed by atoms with van der Waals surface area (Å²) in [6.07, 6.45) is -0.100. The standard InChI is InChI=1S/C11H14N2O2/c1-9(14)13-11(15)7-8-12(13)10-5-3-2-4-6-10/h2-6,11,15H,7-8H2,1H3/t11-/m0/s1. The Labute approximate surface area is 88.7 Å². The Morgan fingerprint density at radius 1 is 1.40 bits per heavy atom. The lowest BCUT2D eigenvalue weighted by molar-refractivity contribution is -0.136. The minimum atomic E-state index is -0.692. The number of anilines is 1. The van der Waals surface area contributed by atoms with Gasteiger partial charge in [0.15, 0.2) is 0 Å². The van der Waals surface area contributed by atoms with Gasteiger partial charge in [0.2, 0.25) is 5.91 Å². The molecule has 1 aliphatic rings. The van der Waals surface area contributed by atoms with E-state index < -0.39 is 6.23 Å². The van der Waals surface area contributed by atoms with Crippen LogP contribution in [0.1, 0.15) is 13.3 Å². The van der Waals surface area contributed by atoms with E-state index in [1.165, 1.54) is 11.9 Å². The number of carbonyl (C=O) groups excluding carboxylic acids is 1. The maximum Gasteiger partial charge on any atom is 0.240 e. The lowest BCUT2D eigenvalue weighted by Crippen LogP contribution is -2.44. The van der Waals surface area contributed by atoms with Crippen molar-refractivity contribution in [1.29, 1.82) is 0 Å². The largest absolute Gasteiger partial charge is 0.372 e. The molecule has 0 radical (unpaired) electrons. The van der Waals surface area contributed by atoms with Crippen molar-refractivity contribution in [3.8, 4) is 0 Å². The van der Waals surface area contributed by atoms with E-state index in [-0.39, 0.29) is 5.91 Å². The average Bonchev–Trinajstić information content (AvgIpc) is 2.61. The van der Waals surface area contributed by atoms with E-state index in [0.29, 0.717) is 13.0 Å². The van der Waals surface area contributed by atoms with Crippen LogP contribution in [0.25, 0.3) is 0 Å². The molecule has 1 aliphatic heterocycles. The predicted molar refractivity (Wildman–Crippen MR) is 56.9 cm³/mol. The molecule has 0 aromatic heterocycles. The average molecular weight is 206 g/mol. The summed E-state index contributed by atoms with van der Waals surface area (Å²) in [6.45, 7) is 2.13. The summed E-state index contributed by atoms with van der Waals surface area (Å²) >= 11 is 0. The highest BCUT2D eigenvalue weighted by Crippen LogP contribution is 2.24. The van der Waals surface area contributed by atoms with Gasteiger partial charge in [-0.2, -0.15) is 0 Å². The quantitative estimate of drug-likeness (QED) is 0.745. The van der Waals surface area contributed by atoms with Gasteiger partial charge in [0.25, 0.3) is 0 Å². The van der Waals surface area contributed by atoms with Gasteiger partial charge in [-0.15, -0.1) is 0 Å². The molecule has 1 saturated heterocycles. The Morgan fingerprint density at radius 2 is 2.07 bits per heavy atom. The Hall–Kier alpha value is -1.55. The molecule has 1 heterocycles. The van der Waals surface area contributed by atoms with Gasteiger partial charge in [0.05, 0.1) is 5.69 Å². The van der Waals surface area contributed by atoms with E-state index in [1.54, 1.807) is 0 Å². The molecule has 0 aliphatic carbocycles. The monoisotopic (exact) mass is 206 g/mol. The van der Waals surface area contributed by atoms with Crippen LogP contribution in [-0.2, 0) is 4.79 Å². The number of hydrazine groups is 1. The molecule has 4 heteroatoms. The fourth-order valence-corrected chi connectivity index (χ4v) is 1.86. The highest BCUT2D eigenvalue weighted by molar-refractivity contribution is 5.76. The number of amides is 1. The lowest BCUT2D eigenvalue weighted by Gasteiger charge is -2.30. The van der Waals surface area contributed by atoms with Gasteiger partial charge in [-0.3, -0.25) is 9.80 Å². The first-order chi connectivity index (χ1) is 7.20. The van der Waals surface area contributed by atoms with Crippen LogP contribution in [0.15, 0.2) is 30.3 Å². The molecule has 2 rings (SSSR count). The second-order valence-corrected chi connectivity index (χ2v) is 3.59. The van der Waals surface area contributed by atoms with Crippen LogP contribution in [0.4, 0.5) is 5.69 Å². The maximum absolute atomic E-state index is 11.4. The number of benzene rings is 1. The van der Waals surface area contributed by atoms with Crippen molar-refractivity contribution in [1.82, 2.24) is 5.01 Å². The van der Waals surface area contributed by atoms with E-state index >= 15 is 0 Å². The molecule has 1 aromatic carbocycles. The molecular weight excluding hydrogens is 192 g/mol. The molecule has 1 fully saturated rings. The molecule has 1 N–H and O–H groups in total. The van der Waals surface area contributed by atoms with E-state index in [0.717, 1.165) is 5.69 Å². The third-order valence-electron chi connectivity index (χ3n) is 2.52. The first-order valence-corrected chi connectivity index (χ1v) is 5.00. The molecule has 1 aromatic rings. The summed E-state index contributed by atoms with van der Waals surface area (Å²) in [7, 11) is 0. The third-order valence-corrected chi connectivity index (χ3v) is 2.52. The van der Waals surface area contributed by atoms with Gasteiger partial charge < -0.3 is 5.11 Å². The molecule has 0 spiro atoms. The van der Waals surface area contributed by atoms with Crippen LogP contribution in [0.2, 0.25) is 0 Å². The molecule has 80 valence electrons. The van der Waals surface area contributed by atoms with Crippen LogP contribution in [0, 0.1) is 0 Å². The van der Waals surface area contributed by atoms with Gasteiger partial charge in [-0.1, -0.05) is 18.2 Å². The smallest absolute Gasteiger partial charge is 0.240 e. The Bertz CT molecular complexity index is 353. The zero-order valence-electron chi connectivity index (χ0n) is 8.63. The molecule has 0 bridgehead atoms. The molecular formula is C11H14N2O2. The minimum Gasteiger partial charge on any atom is -0.372 e. The van der Waals surface area contributed by atoms with E-state index in [1.807, 2.05) is 35.3 Å². The van der Waals surface area contributed by atoms with E-state index in [9.17, 15) is 9.90 Å². The zero-order chi connectivity index (χ0) is 10.8. The van der Waals surface area contributed by atoms with Gasteiger partial charge >= 0.3 is 0 Å². The first kappa shape index (κ1) is 9.98. The summed E-state index contributed by atoms with van der Waals surface area (Å²) < 4.78 is 0. The number of nitrogens with zero attached hydrogens (tertiary/aromatic N) is 2. The number of para-hydroxylation sites is 1. The topological polar surface area (TPSA) is 43.8 Å². The fraction of sp³-hybridized carbons (Fsp3) is 0.364. The van der Waals surface area contributed by atoms with Crippen LogP contribution >= 0.6 is 0 Å². The van der Waals surface area contributed by atoms with Crippen molar-refractivity contribution in [2.24, 2.45) is 0 Å². The lowest BCUT2D eigenvalue weighted by atomic mass is 10.3. The summed E-state index contributed by atoms with van der Waals surface area (Å²) in [5.74, 6) is -0.135. The van der Waals surface area contributed by atoms with Crippen LogP contribution < -0.4 is 5.01 Å². The second-order valence-electron chi connectivity index (χ2n) is 3.59. The van der Waals surface area contributed by atoms with Crippen molar-refractivity contribution in [2.45, 2.75) is 19.6 Å². The van der Waals surface area contributed by atoms with Crippen molar-refractivity contribution < 1.29 is 9.90 Å². The number of carbonyl (C=O) groups is 1. The van der Waals surface area contributed by atoms with Crippen LogP contribution in [-0.4, -0.2) is 28.8 Å². The summed E-state index contributed by atoms with van der Waals surface area (Å²) in [5, 5.41) is 12.9.